The first-order chi connectivity index (χ1) is 14.4. The first-order valence-corrected chi connectivity index (χ1v) is 9.98. The summed E-state index contributed by atoms with van der Waals surface area (Å²) in [5.74, 6) is -1.41. The molecule has 0 aliphatic carbocycles. The van der Waals surface area contributed by atoms with E-state index in [-0.39, 0.29) is 30.4 Å². The maximum Gasteiger partial charge on any atom is 0.355 e. The van der Waals surface area contributed by atoms with Gasteiger partial charge in [-0.3, -0.25) is 4.79 Å². The molecule has 1 N–H and O–H groups in total. The molecule has 0 unspecified atom stereocenters. The van der Waals surface area contributed by atoms with Gasteiger partial charge in [-0.2, -0.15) is 0 Å². The van der Waals surface area contributed by atoms with Crippen molar-refractivity contribution < 1.29 is 23.9 Å². The molecule has 1 aliphatic heterocycles. The molecule has 0 saturated heterocycles. The Morgan fingerprint density at radius 3 is 2.43 bits per heavy atom. The Morgan fingerprint density at radius 1 is 1.07 bits per heavy atom. The van der Waals surface area contributed by atoms with E-state index in [2.05, 4.69) is 17.1 Å². The standard InChI is InChI=1S/C23H26N2O5/c1-4-29-23(28)21-15(2)20(16(3)24-21)22(27)30-14-19(26)25-12-10-18(11-13-25)17-8-6-5-7-9-17/h5-10,24H,4,11-14H2,1-3H3. The van der Waals surface area contributed by atoms with Crippen molar-refractivity contribution in [3.63, 3.8) is 0 Å². The molecule has 1 aromatic carbocycles. The molecule has 0 spiro atoms. The Labute approximate surface area is 175 Å². The van der Waals surface area contributed by atoms with Crippen LogP contribution in [0.5, 0.6) is 0 Å². The SMILES string of the molecule is CCOC(=O)c1[nH]c(C)c(C(=O)OCC(=O)N2CC=C(c3ccccc3)CC2)c1C. The Kier molecular flexibility index (Phi) is 6.72. The van der Waals surface area contributed by atoms with Crippen LogP contribution in [0, 0.1) is 13.8 Å². The number of hydrogen-bond acceptors (Lipinski definition) is 5. The highest BCUT2D eigenvalue weighted by molar-refractivity contribution is 5.99. The third-order valence-corrected chi connectivity index (χ3v) is 5.15. The van der Waals surface area contributed by atoms with Gasteiger partial charge in [0.2, 0.25) is 0 Å². The van der Waals surface area contributed by atoms with Crippen LogP contribution in [-0.4, -0.2) is 54.0 Å². The van der Waals surface area contributed by atoms with E-state index in [0.29, 0.717) is 24.3 Å². The number of ether oxygens (including phenoxy) is 2. The van der Waals surface area contributed by atoms with Gasteiger partial charge in [-0.15, -0.1) is 0 Å². The van der Waals surface area contributed by atoms with Crippen molar-refractivity contribution in [2.45, 2.75) is 27.2 Å². The number of aryl methyl sites for hydroxylation is 1. The minimum Gasteiger partial charge on any atom is -0.461 e. The number of rotatable bonds is 6. The zero-order valence-electron chi connectivity index (χ0n) is 17.5. The number of carbonyl (C=O) groups is 3. The maximum absolute atomic E-state index is 12.5. The minimum absolute atomic E-state index is 0.224. The Hall–Kier alpha value is -3.35. The monoisotopic (exact) mass is 410 g/mol. The van der Waals surface area contributed by atoms with E-state index in [4.69, 9.17) is 9.47 Å². The summed E-state index contributed by atoms with van der Waals surface area (Å²) in [6.07, 6.45) is 2.78. The van der Waals surface area contributed by atoms with Crippen molar-refractivity contribution in [1.29, 1.82) is 0 Å². The topological polar surface area (TPSA) is 88.7 Å². The van der Waals surface area contributed by atoms with Crippen molar-refractivity contribution in [2.75, 3.05) is 26.3 Å². The van der Waals surface area contributed by atoms with Gasteiger partial charge >= 0.3 is 11.9 Å². The third-order valence-electron chi connectivity index (χ3n) is 5.15. The van der Waals surface area contributed by atoms with E-state index in [9.17, 15) is 14.4 Å². The molecule has 2 heterocycles. The van der Waals surface area contributed by atoms with E-state index in [0.717, 1.165) is 12.0 Å². The highest BCUT2D eigenvalue weighted by Crippen LogP contribution is 2.23. The van der Waals surface area contributed by atoms with E-state index >= 15 is 0 Å². The number of aromatic nitrogens is 1. The summed E-state index contributed by atoms with van der Waals surface area (Å²) in [4.78, 5) is 41.5. The molecule has 1 aliphatic rings. The first-order valence-electron chi connectivity index (χ1n) is 9.98. The molecule has 158 valence electrons. The zero-order chi connectivity index (χ0) is 21.7. The van der Waals surface area contributed by atoms with Gasteiger partial charge in [0.25, 0.3) is 5.91 Å². The molecule has 2 aromatic rings. The van der Waals surface area contributed by atoms with Crippen molar-refractivity contribution in [3.05, 3.63) is 64.5 Å². The smallest absolute Gasteiger partial charge is 0.355 e. The lowest BCUT2D eigenvalue weighted by Crippen LogP contribution is -2.37. The molecule has 3 rings (SSSR count). The molecule has 0 fully saturated rings. The lowest BCUT2D eigenvalue weighted by Gasteiger charge is -2.26. The highest BCUT2D eigenvalue weighted by atomic mass is 16.5. The van der Waals surface area contributed by atoms with Crippen LogP contribution in [0.25, 0.3) is 5.57 Å². The van der Waals surface area contributed by atoms with Crippen LogP contribution < -0.4 is 0 Å². The average Bonchev–Trinajstić information content (AvgIpc) is 3.07. The van der Waals surface area contributed by atoms with Crippen molar-refractivity contribution in [1.82, 2.24) is 9.88 Å². The van der Waals surface area contributed by atoms with Crippen LogP contribution in [-0.2, 0) is 14.3 Å². The number of H-pyrrole nitrogens is 1. The first kappa shape index (κ1) is 21.4. The fourth-order valence-electron chi connectivity index (χ4n) is 3.56. The molecule has 7 nitrogen and oxygen atoms in total. The van der Waals surface area contributed by atoms with Gasteiger partial charge in [0.05, 0.1) is 12.2 Å². The Balaban J connectivity index is 1.59. The van der Waals surface area contributed by atoms with Crippen LogP contribution in [0.15, 0.2) is 36.4 Å². The fraction of sp³-hybridized carbons (Fsp3) is 0.348. The van der Waals surface area contributed by atoms with Crippen molar-refractivity contribution >= 4 is 23.4 Å². The Morgan fingerprint density at radius 2 is 1.80 bits per heavy atom. The van der Waals surface area contributed by atoms with Gasteiger partial charge in [-0.1, -0.05) is 36.4 Å². The van der Waals surface area contributed by atoms with E-state index in [1.807, 2.05) is 24.3 Å². The van der Waals surface area contributed by atoms with Gasteiger partial charge in [-0.05, 0) is 43.9 Å². The van der Waals surface area contributed by atoms with Gasteiger partial charge in [0, 0.05) is 18.8 Å². The van der Waals surface area contributed by atoms with Gasteiger partial charge in [-0.25, -0.2) is 9.59 Å². The van der Waals surface area contributed by atoms with Crippen LogP contribution in [0.4, 0.5) is 0 Å². The molecule has 0 atom stereocenters. The van der Waals surface area contributed by atoms with Crippen LogP contribution in [0.2, 0.25) is 0 Å². The largest absolute Gasteiger partial charge is 0.461 e. The molecule has 7 heteroatoms. The van der Waals surface area contributed by atoms with Gasteiger partial charge < -0.3 is 19.4 Å². The number of hydrogen-bond donors (Lipinski definition) is 1. The molecule has 0 radical (unpaired) electrons. The van der Waals surface area contributed by atoms with Gasteiger partial charge in [0.15, 0.2) is 6.61 Å². The number of benzene rings is 1. The third kappa shape index (κ3) is 4.62. The quantitative estimate of drug-likeness (QED) is 0.739. The summed E-state index contributed by atoms with van der Waals surface area (Å²) in [6, 6.07) is 10.1. The molecule has 1 aromatic heterocycles. The Bertz CT molecular complexity index is 975. The molecule has 30 heavy (non-hydrogen) atoms. The summed E-state index contributed by atoms with van der Waals surface area (Å²) >= 11 is 0. The summed E-state index contributed by atoms with van der Waals surface area (Å²) in [5.41, 5.74) is 3.81. The number of aromatic amines is 1. The number of amides is 1. The van der Waals surface area contributed by atoms with Crippen LogP contribution >= 0.6 is 0 Å². The zero-order valence-corrected chi connectivity index (χ0v) is 17.5. The minimum atomic E-state index is -0.636. The van der Waals surface area contributed by atoms with E-state index < -0.39 is 11.9 Å². The molecule has 0 bridgehead atoms. The van der Waals surface area contributed by atoms with Crippen LogP contribution in [0.1, 0.15) is 51.0 Å². The van der Waals surface area contributed by atoms with Gasteiger partial charge in [0.1, 0.15) is 5.69 Å². The summed E-state index contributed by atoms with van der Waals surface area (Å²) in [5, 5.41) is 0. The second-order valence-electron chi connectivity index (χ2n) is 7.11. The predicted molar refractivity (Wildman–Crippen MR) is 112 cm³/mol. The van der Waals surface area contributed by atoms with Crippen molar-refractivity contribution in [2.24, 2.45) is 0 Å². The highest BCUT2D eigenvalue weighted by Gasteiger charge is 2.25. The summed E-state index contributed by atoms with van der Waals surface area (Å²) < 4.78 is 10.2. The number of carbonyl (C=O) groups excluding carboxylic acids is 3. The molecule has 1 amide bonds. The van der Waals surface area contributed by atoms with Crippen LogP contribution in [0.3, 0.4) is 0 Å². The molecular weight excluding hydrogens is 384 g/mol. The lowest BCUT2D eigenvalue weighted by atomic mass is 10.00. The fourth-order valence-corrected chi connectivity index (χ4v) is 3.56. The number of nitrogens with zero attached hydrogens (tertiary/aromatic N) is 1. The summed E-state index contributed by atoms with van der Waals surface area (Å²) in [6.45, 7) is 5.99. The predicted octanol–water partition coefficient (Wildman–Crippen LogP) is 3.28. The second kappa shape index (κ2) is 9.43. The van der Waals surface area contributed by atoms with E-state index in [1.54, 1.807) is 25.7 Å². The number of nitrogens with one attached hydrogen (secondary N) is 1. The normalized spacial score (nSPS) is 13.6. The summed E-state index contributed by atoms with van der Waals surface area (Å²) in [7, 11) is 0. The second-order valence-corrected chi connectivity index (χ2v) is 7.11. The molecular formula is C23H26N2O5. The number of esters is 2. The van der Waals surface area contributed by atoms with E-state index in [1.165, 1.54) is 5.57 Å². The maximum atomic E-state index is 12.5. The van der Waals surface area contributed by atoms with Crippen molar-refractivity contribution in [3.8, 4) is 0 Å². The lowest BCUT2D eigenvalue weighted by molar-refractivity contribution is -0.134. The average molecular weight is 410 g/mol. The molecule has 0 saturated carbocycles.